The maximum absolute atomic E-state index is 13.7. The lowest BCUT2D eigenvalue weighted by atomic mass is 9.98. The van der Waals surface area contributed by atoms with Crippen LogP contribution in [-0.4, -0.2) is 105 Å². The molecule has 0 unspecified atom stereocenters. The Morgan fingerprint density at radius 1 is 0.956 bits per heavy atom. The van der Waals surface area contributed by atoms with E-state index in [2.05, 4.69) is 0 Å². The predicted molar refractivity (Wildman–Crippen MR) is 150 cm³/mol. The van der Waals surface area contributed by atoms with Gasteiger partial charge in [0.2, 0.25) is 17.5 Å². The van der Waals surface area contributed by atoms with Gasteiger partial charge in [0.1, 0.15) is 53.5 Å². The fraction of sp³-hybridized carbons (Fsp3) is 0.414. The zero-order valence-corrected chi connectivity index (χ0v) is 24.2. The number of esters is 1. The fourth-order valence-corrected chi connectivity index (χ4v) is 4.68. The highest BCUT2D eigenvalue weighted by molar-refractivity contribution is 5.88. The minimum Gasteiger partial charge on any atom is -0.507 e. The van der Waals surface area contributed by atoms with Gasteiger partial charge in [0.05, 0.1) is 32.7 Å². The van der Waals surface area contributed by atoms with Gasteiger partial charge >= 0.3 is 11.9 Å². The minimum atomic E-state index is -1.97. The van der Waals surface area contributed by atoms with E-state index in [1.165, 1.54) is 38.5 Å². The number of aliphatic hydroxyl groups excluding tert-OH is 3. The van der Waals surface area contributed by atoms with Crippen LogP contribution in [0.3, 0.4) is 0 Å². The van der Waals surface area contributed by atoms with E-state index in [4.69, 9.17) is 33.2 Å². The second kappa shape index (κ2) is 13.2. The van der Waals surface area contributed by atoms with Crippen molar-refractivity contribution in [1.82, 2.24) is 0 Å². The zero-order chi connectivity index (χ0) is 33.2. The standard InChI is InChI=1S/C29H32O16/c1-29(39,9-19(32)33)10-20(34)42-11-18-22(35)24(37)25(38)28(44-18)45-27-23(36)21-15(31)7-13(40-2)8-17(21)43-26(27)12-4-5-14(30)16(6-12)41-3/h4-8,18,22,24-25,28,30-31,35,37-39H,9-11H2,1-3H3,(H,32,33)/t18-,22-,24+,25-,28+,29+/m1/s1. The first kappa shape index (κ1) is 33.3. The lowest BCUT2D eigenvalue weighted by Crippen LogP contribution is -2.60. The van der Waals surface area contributed by atoms with Gasteiger partial charge in [-0.05, 0) is 25.1 Å². The molecule has 1 saturated heterocycles. The van der Waals surface area contributed by atoms with E-state index in [1.54, 1.807) is 0 Å². The van der Waals surface area contributed by atoms with Crippen LogP contribution in [0, 0.1) is 0 Å². The molecule has 0 saturated carbocycles. The molecule has 3 aromatic rings. The van der Waals surface area contributed by atoms with E-state index in [0.29, 0.717) is 0 Å². The summed E-state index contributed by atoms with van der Waals surface area (Å²) < 4.78 is 32.6. The van der Waals surface area contributed by atoms with E-state index >= 15 is 0 Å². The first-order valence-electron chi connectivity index (χ1n) is 13.4. The van der Waals surface area contributed by atoms with E-state index < -0.39 is 84.6 Å². The fourth-order valence-electron chi connectivity index (χ4n) is 4.68. The summed E-state index contributed by atoms with van der Waals surface area (Å²) >= 11 is 0. The van der Waals surface area contributed by atoms with Crippen molar-refractivity contribution >= 4 is 22.9 Å². The molecular weight excluding hydrogens is 604 g/mol. The largest absolute Gasteiger partial charge is 0.507 e. The third-order valence-corrected chi connectivity index (χ3v) is 6.95. The molecule has 0 spiro atoms. The van der Waals surface area contributed by atoms with Crippen molar-refractivity contribution in [1.29, 1.82) is 0 Å². The Morgan fingerprint density at radius 2 is 1.67 bits per heavy atom. The Bertz CT molecular complexity index is 1630. The molecule has 0 amide bonds. The summed E-state index contributed by atoms with van der Waals surface area (Å²) in [4.78, 5) is 36.9. The average Bonchev–Trinajstić information content (AvgIpc) is 2.96. The molecule has 7 N–H and O–H groups in total. The number of hydrogen-bond donors (Lipinski definition) is 7. The van der Waals surface area contributed by atoms with Gasteiger partial charge in [0, 0.05) is 17.7 Å². The van der Waals surface area contributed by atoms with Crippen molar-refractivity contribution in [2.45, 2.75) is 56.1 Å². The van der Waals surface area contributed by atoms with Crippen LogP contribution in [0.25, 0.3) is 22.3 Å². The maximum atomic E-state index is 13.7. The van der Waals surface area contributed by atoms with E-state index in [-0.39, 0.29) is 39.5 Å². The minimum absolute atomic E-state index is 0.00797. The number of aliphatic hydroxyl groups is 4. The summed E-state index contributed by atoms with van der Waals surface area (Å²) in [6.45, 7) is 0.379. The highest BCUT2D eigenvalue weighted by atomic mass is 16.7. The molecule has 1 aromatic heterocycles. The third kappa shape index (κ3) is 7.21. The van der Waals surface area contributed by atoms with Crippen LogP contribution in [0.5, 0.6) is 28.7 Å². The van der Waals surface area contributed by atoms with Crippen LogP contribution in [0.15, 0.2) is 39.5 Å². The van der Waals surface area contributed by atoms with Gasteiger partial charge in [0.25, 0.3) is 0 Å². The highest BCUT2D eigenvalue weighted by Crippen LogP contribution is 2.39. The molecule has 6 atom stereocenters. The van der Waals surface area contributed by atoms with Gasteiger partial charge in [-0.3, -0.25) is 14.4 Å². The lowest BCUT2D eigenvalue weighted by molar-refractivity contribution is -0.278. The Balaban J connectivity index is 1.70. The van der Waals surface area contributed by atoms with E-state index in [9.17, 15) is 45.0 Å². The van der Waals surface area contributed by atoms with Crippen molar-refractivity contribution in [3.05, 3.63) is 40.6 Å². The SMILES string of the molecule is COc1cc(O)c2c(=O)c(O[C@@H]3O[C@H](COC(=O)C[C@@](C)(O)CC(=O)O)[C@@H](O)[C@H](O)[C@H]3O)c(-c3ccc(O)c(OC)c3)oc2c1. The average molecular weight is 637 g/mol. The number of phenolic OH excluding ortho intramolecular Hbond substituents is 2. The van der Waals surface area contributed by atoms with Crippen molar-refractivity contribution in [3.63, 3.8) is 0 Å². The van der Waals surface area contributed by atoms with Crippen LogP contribution >= 0.6 is 0 Å². The molecule has 0 aliphatic carbocycles. The summed E-state index contributed by atoms with van der Waals surface area (Å²) in [6.07, 6.45) is -10.6. The van der Waals surface area contributed by atoms with Gasteiger partial charge in [-0.25, -0.2) is 0 Å². The van der Waals surface area contributed by atoms with Gasteiger partial charge in [-0.1, -0.05) is 0 Å². The maximum Gasteiger partial charge on any atom is 0.308 e. The monoisotopic (exact) mass is 636 g/mol. The predicted octanol–water partition coefficient (Wildman–Crippen LogP) is 0.234. The quantitative estimate of drug-likeness (QED) is 0.139. The molecule has 4 rings (SSSR count). The second-order valence-electron chi connectivity index (χ2n) is 10.6. The molecular formula is C29H32O16. The Hall–Kier alpha value is -4.61. The van der Waals surface area contributed by atoms with E-state index in [1.807, 2.05) is 0 Å². The van der Waals surface area contributed by atoms with Crippen LogP contribution in [0.1, 0.15) is 19.8 Å². The number of hydrogen-bond acceptors (Lipinski definition) is 15. The number of methoxy groups -OCH3 is 2. The number of ether oxygens (including phenoxy) is 5. The van der Waals surface area contributed by atoms with Crippen LogP contribution in [0.2, 0.25) is 0 Å². The number of carbonyl (C=O) groups excluding carboxylic acids is 1. The lowest BCUT2D eigenvalue weighted by Gasteiger charge is -2.39. The third-order valence-electron chi connectivity index (χ3n) is 6.95. The van der Waals surface area contributed by atoms with Crippen LogP contribution < -0.4 is 19.6 Å². The van der Waals surface area contributed by atoms with Crippen molar-refractivity contribution in [2.75, 3.05) is 20.8 Å². The number of aromatic hydroxyl groups is 2. The molecule has 45 heavy (non-hydrogen) atoms. The molecule has 16 nitrogen and oxygen atoms in total. The molecule has 1 aliphatic rings. The van der Waals surface area contributed by atoms with Crippen LogP contribution in [-0.2, 0) is 19.1 Å². The molecule has 1 aliphatic heterocycles. The molecule has 0 bridgehead atoms. The van der Waals surface area contributed by atoms with Crippen molar-refractivity contribution in [3.8, 4) is 40.1 Å². The summed E-state index contributed by atoms with van der Waals surface area (Å²) in [5.74, 6) is -3.95. The summed E-state index contributed by atoms with van der Waals surface area (Å²) in [6, 6.07) is 6.38. The smallest absolute Gasteiger partial charge is 0.308 e. The number of carboxylic acids is 1. The normalized spacial score (nSPS) is 22.8. The molecule has 2 heterocycles. The molecule has 16 heteroatoms. The summed E-state index contributed by atoms with van der Waals surface area (Å²) in [7, 11) is 2.62. The van der Waals surface area contributed by atoms with E-state index in [0.717, 1.165) is 13.0 Å². The van der Waals surface area contributed by atoms with Gasteiger partial charge in [-0.15, -0.1) is 0 Å². The molecule has 1 fully saturated rings. The number of carboxylic acid groups (broad SMARTS) is 1. The highest BCUT2D eigenvalue weighted by Gasteiger charge is 2.46. The zero-order valence-electron chi connectivity index (χ0n) is 24.2. The number of phenols is 2. The Labute approximate surface area is 254 Å². The number of rotatable bonds is 11. The Kier molecular flexibility index (Phi) is 9.74. The van der Waals surface area contributed by atoms with Crippen molar-refractivity contribution in [2.24, 2.45) is 0 Å². The second-order valence-corrected chi connectivity index (χ2v) is 10.6. The van der Waals surface area contributed by atoms with Gasteiger partial charge in [-0.2, -0.15) is 0 Å². The first-order valence-corrected chi connectivity index (χ1v) is 13.4. The van der Waals surface area contributed by atoms with Crippen LogP contribution in [0.4, 0.5) is 0 Å². The number of carbonyl (C=O) groups is 2. The van der Waals surface area contributed by atoms with Gasteiger partial charge < -0.3 is 63.8 Å². The Morgan fingerprint density at radius 3 is 2.31 bits per heavy atom. The molecule has 2 aromatic carbocycles. The summed E-state index contributed by atoms with van der Waals surface area (Å²) in [5.41, 5.74) is -2.89. The molecule has 0 radical (unpaired) electrons. The van der Waals surface area contributed by atoms with Crippen molar-refractivity contribution < 1.29 is 73.4 Å². The number of fused-ring (bicyclic) bond motifs is 1. The number of aliphatic carboxylic acids is 1. The first-order chi connectivity index (χ1) is 21.1. The molecule has 244 valence electrons. The topological polar surface area (TPSA) is 252 Å². The summed E-state index contributed by atoms with van der Waals surface area (Å²) in [5, 5.41) is 71.0. The number of benzene rings is 2. The van der Waals surface area contributed by atoms with Gasteiger partial charge in [0.15, 0.2) is 17.3 Å².